The Bertz CT molecular complexity index is 1100. The van der Waals surface area contributed by atoms with E-state index in [2.05, 4.69) is 15.3 Å². The molecule has 0 aromatic carbocycles. The number of nitrogens with zero attached hydrogens (tertiary/aromatic N) is 2. The van der Waals surface area contributed by atoms with Crippen molar-refractivity contribution in [1.82, 2.24) is 14.5 Å². The van der Waals surface area contributed by atoms with Crippen LogP contribution in [0, 0.1) is 0 Å². The first-order valence-electron chi connectivity index (χ1n) is 8.03. The number of aromatic nitrogens is 3. The second-order valence-corrected chi connectivity index (χ2v) is 8.42. The van der Waals surface area contributed by atoms with Gasteiger partial charge in [-0.2, -0.15) is 13.2 Å². The fourth-order valence-corrected chi connectivity index (χ4v) is 4.00. The first-order valence-corrected chi connectivity index (χ1v) is 9.68. The number of halogens is 3. The average Bonchev–Trinajstić information content (AvgIpc) is 2.89. The van der Waals surface area contributed by atoms with E-state index in [1.165, 1.54) is 25.5 Å². The Morgan fingerprint density at radius 3 is 2.59 bits per heavy atom. The molecule has 2 aromatic rings. The molecule has 1 atom stereocenters. The Morgan fingerprint density at radius 2 is 2.00 bits per heavy atom. The van der Waals surface area contributed by atoms with E-state index in [9.17, 15) is 26.4 Å². The number of aromatic amines is 1. The van der Waals surface area contributed by atoms with Gasteiger partial charge < -0.3 is 14.9 Å². The van der Waals surface area contributed by atoms with Gasteiger partial charge in [-0.3, -0.25) is 4.79 Å². The van der Waals surface area contributed by atoms with E-state index >= 15 is 0 Å². The van der Waals surface area contributed by atoms with Gasteiger partial charge in [0, 0.05) is 24.9 Å². The fraction of sp³-hybridized carbons (Fsp3) is 0.375. The average molecular weight is 402 g/mol. The SMILES string of the molecule is CCS(=O)(=O)c1c[nH]c(=O)cc1-c1nc2c(n1C)NC(C)C(C(F)(F)F)=C2. The van der Waals surface area contributed by atoms with Gasteiger partial charge in [-0.15, -0.1) is 0 Å². The predicted molar refractivity (Wildman–Crippen MR) is 94.1 cm³/mol. The summed E-state index contributed by atoms with van der Waals surface area (Å²) in [6.45, 7) is 2.82. The maximum atomic E-state index is 13.2. The number of pyridine rings is 1. The third-order valence-electron chi connectivity index (χ3n) is 4.40. The van der Waals surface area contributed by atoms with E-state index in [4.69, 9.17) is 0 Å². The minimum absolute atomic E-state index is 0.0260. The van der Waals surface area contributed by atoms with Gasteiger partial charge in [0.05, 0.1) is 22.3 Å². The molecule has 0 bridgehead atoms. The van der Waals surface area contributed by atoms with E-state index in [0.29, 0.717) is 5.82 Å². The lowest BCUT2D eigenvalue weighted by Gasteiger charge is -2.25. The summed E-state index contributed by atoms with van der Waals surface area (Å²) in [5, 5.41) is 2.74. The molecular formula is C16H17F3N4O3S. The summed E-state index contributed by atoms with van der Waals surface area (Å²) in [6.07, 6.45) is -2.51. The second-order valence-electron chi connectivity index (χ2n) is 6.17. The number of H-pyrrole nitrogens is 1. The molecule has 1 unspecified atom stereocenters. The molecule has 0 aliphatic carbocycles. The van der Waals surface area contributed by atoms with Gasteiger partial charge in [-0.05, 0) is 13.0 Å². The number of alkyl halides is 3. The Kier molecular flexibility index (Phi) is 4.45. The van der Waals surface area contributed by atoms with E-state index in [0.717, 1.165) is 18.3 Å². The number of fused-ring (bicyclic) bond motifs is 1. The number of rotatable bonds is 3. The van der Waals surface area contributed by atoms with Crippen molar-refractivity contribution in [3.05, 3.63) is 33.9 Å². The number of hydrogen-bond donors (Lipinski definition) is 2. The Hall–Kier alpha value is -2.56. The number of imidazole rings is 1. The van der Waals surface area contributed by atoms with Gasteiger partial charge in [0.1, 0.15) is 17.3 Å². The van der Waals surface area contributed by atoms with Gasteiger partial charge in [0.2, 0.25) is 5.56 Å². The van der Waals surface area contributed by atoms with Crippen molar-refractivity contribution in [1.29, 1.82) is 0 Å². The molecular weight excluding hydrogens is 385 g/mol. The van der Waals surface area contributed by atoms with Crippen LogP contribution < -0.4 is 10.9 Å². The topological polar surface area (TPSA) is 96.8 Å². The van der Waals surface area contributed by atoms with Gasteiger partial charge in [-0.25, -0.2) is 13.4 Å². The Labute approximate surface area is 152 Å². The molecule has 0 radical (unpaired) electrons. The maximum Gasteiger partial charge on any atom is 0.414 e. The summed E-state index contributed by atoms with van der Waals surface area (Å²) in [4.78, 5) is 18.1. The molecule has 0 amide bonds. The van der Waals surface area contributed by atoms with E-state index in [-0.39, 0.29) is 27.7 Å². The minimum atomic E-state index is -4.53. The van der Waals surface area contributed by atoms with Gasteiger partial charge in [-0.1, -0.05) is 6.92 Å². The van der Waals surface area contributed by atoms with Crippen LogP contribution in [0.1, 0.15) is 19.5 Å². The lowest BCUT2D eigenvalue weighted by atomic mass is 10.0. The smallest absolute Gasteiger partial charge is 0.363 e. The summed E-state index contributed by atoms with van der Waals surface area (Å²) in [5.74, 6) is 0.187. The first kappa shape index (κ1) is 19.2. The van der Waals surface area contributed by atoms with Crippen LogP contribution in [-0.2, 0) is 16.9 Å². The van der Waals surface area contributed by atoms with Crippen molar-refractivity contribution in [2.75, 3.05) is 11.1 Å². The second kappa shape index (κ2) is 6.25. The molecule has 0 saturated carbocycles. The molecule has 146 valence electrons. The molecule has 11 heteroatoms. The Morgan fingerprint density at radius 1 is 1.33 bits per heavy atom. The zero-order valence-electron chi connectivity index (χ0n) is 14.7. The molecule has 27 heavy (non-hydrogen) atoms. The van der Waals surface area contributed by atoms with Crippen LogP contribution in [-0.4, -0.2) is 40.9 Å². The lowest BCUT2D eigenvalue weighted by molar-refractivity contribution is -0.0935. The van der Waals surface area contributed by atoms with Gasteiger partial charge in [0.25, 0.3) is 0 Å². The number of anilines is 1. The zero-order valence-corrected chi connectivity index (χ0v) is 15.5. The van der Waals surface area contributed by atoms with Crippen molar-refractivity contribution < 1.29 is 21.6 Å². The van der Waals surface area contributed by atoms with Crippen molar-refractivity contribution in [2.45, 2.75) is 31.0 Å². The highest BCUT2D eigenvalue weighted by atomic mass is 32.2. The summed E-state index contributed by atoms with van der Waals surface area (Å²) < 4.78 is 65.7. The lowest BCUT2D eigenvalue weighted by Crippen LogP contribution is -2.31. The van der Waals surface area contributed by atoms with E-state index in [1.807, 2.05) is 0 Å². The standard InChI is InChI=1S/C16H17F3N4O3S/c1-4-27(25,26)12-7-20-13(24)5-9(12)14-22-11-6-10(16(17,18)19)8(2)21-15(11)23(14)3/h5-8,21H,4H2,1-3H3,(H,20,24). The molecule has 0 fully saturated rings. The highest BCUT2D eigenvalue weighted by molar-refractivity contribution is 7.91. The minimum Gasteiger partial charge on any atom is -0.363 e. The van der Waals surface area contributed by atoms with Crippen LogP contribution in [0.2, 0.25) is 0 Å². The van der Waals surface area contributed by atoms with Gasteiger partial charge in [0.15, 0.2) is 9.84 Å². The van der Waals surface area contributed by atoms with Crippen LogP contribution in [0.4, 0.5) is 19.0 Å². The van der Waals surface area contributed by atoms with Gasteiger partial charge >= 0.3 is 6.18 Å². The number of nitrogens with one attached hydrogen (secondary N) is 2. The van der Waals surface area contributed by atoms with Crippen LogP contribution >= 0.6 is 0 Å². The monoisotopic (exact) mass is 402 g/mol. The molecule has 3 rings (SSSR count). The summed E-state index contributed by atoms with van der Waals surface area (Å²) in [7, 11) is -2.16. The molecule has 3 heterocycles. The molecule has 0 spiro atoms. The van der Waals surface area contributed by atoms with E-state index in [1.54, 1.807) is 0 Å². The molecule has 0 saturated heterocycles. The van der Waals surface area contributed by atoms with Crippen LogP contribution in [0.3, 0.4) is 0 Å². The quantitative estimate of drug-likeness (QED) is 0.821. The number of hydrogen-bond acceptors (Lipinski definition) is 5. The van der Waals surface area contributed by atoms with Crippen LogP contribution in [0.5, 0.6) is 0 Å². The molecule has 1 aliphatic rings. The Balaban J connectivity index is 2.26. The van der Waals surface area contributed by atoms with Crippen molar-refractivity contribution >= 4 is 21.7 Å². The summed E-state index contributed by atoms with van der Waals surface area (Å²) in [6, 6.07) is 0.0764. The first-order chi connectivity index (χ1) is 12.5. The molecule has 2 aromatic heterocycles. The van der Waals surface area contributed by atoms with Crippen molar-refractivity contribution in [3.8, 4) is 11.4 Å². The zero-order chi connectivity index (χ0) is 20.1. The third kappa shape index (κ3) is 3.27. The largest absolute Gasteiger partial charge is 0.414 e. The molecule has 2 N–H and O–H groups in total. The third-order valence-corrected chi connectivity index (χ3v) is 6.17. The fourth-order valence-electron chi connectivity index (χ4n) is 2.96. The highest BCUT2D eigenvalue weighted by Gasteiger charge is 2.40. The van der Waals surface area contributed by atoms with Crippen LogP contribution in [0.15, 0.2) is 27.5 Å². The van der Waals surface area contributed by atoms with Crippen molar-refractivity contribution in [3.63, 3.8) is 0 Å². The van der Waals surface area contributed by atoms with E-state index < -0.39 is 33.2 Å². The summed E-state index contributed by atoms with van der Waals surface area (Å²) in [5.41, 5.74) is -1.27. The molecule has 7 nitrogen and oxygen atoms in total. The summed E-state index contributed by atoms with van der Waals surface area (Å²) >= 11 is 0. The van der Waals surface area contributed by atoms with Crippen LogP contribution in [0.25, 0.3) is 17.5 Å². The van der Waals surface area contributed by atoms with Crippen molar-refractivity contribution in [2.24, 2.45) is 7.05 Å². The predicted octanol–water partition coefficient (Wildman–Crippen LogP) is 2.33. The molecule has 1 aliphatic heterocycles. The number of sulfone groups is 1. The normalized spacial score (nSPS) is 17.3. The highest BCUT2D eigenvalue weighted by Crippen LogP contribution is 2.38. The maximum absolute atomic E-state index is 13.2.